The van der Waals surface area contributed by atoms with Gasteiger partial charge in [0.05, 0.1) is 47.6 Å². The quantitative estimate of drug-likeness (QED) is 0.174. The Kier molecular flexibility index (Phi) is 7.99. The van der Waals surface area contributed by atoms with Crippen molar-refractivity contribution >= 4 is 17.0 Å². The van der Waals surface area contributed by atoms with Crippen LogP contribution in [0.3, 0.4) is 0 Å². The third-order valence-electron chi connectivity index (χ3n) is 7.11. The van der Waals surface area contributed by atoms with E-state index >= 15 is 8.78 Å². The maximum absolute atomic E-state index is 15.5. The summed E-state index contributed by atoms with van der Waals surface area (Å²) in [5, 5.41) is 12.9. The van der Waals surface area contributed by atoms with Crippen molar-refractivity contribution in [3.05, 3.63) is 130 Å². The topological polar surface area (TPSA) is 116 Å². The Labute approximate surface area is 254 Å². The highest BCUT2D eigenvalue weighted by molar-refractivity contribution is 5.93. The van der Waals surface area contributed by atoms with E-state index in [1.54, 1.807) is 41.0 Å². The highest BCUT2D eigenvalue weighted by atomic mass is 19.1. The van der Waals surface area contributed by atoms with Crippen molar-refractivity contribution in [1.29, 1.82) is 5.26 Å². The molecule has 3 heterocycles. The molecular weight excluding hydrogens is 587 g/mol. The second-order valence-corrected chi connectivity index (χ2v) is 9.96. The lowest BCUT2D eigenvalue weighted by Crippen LogP contribution is -2.09. The van der Waals surface area contributed by atoms with Gasteiger partial charge in [0.2, 0.25) is 5.88 Å². The summed E-state index contributed by atoms with van der Waals surface area (Å²) in [6.07, 6.45) is 1.20. The van der Waals surface area contributed by atoms with E-state index in [-0.39, 0.29) is 53.4 Å². The Morgan fingerprint density at radius 3 is 2.51 bits per heavy atom. The van der Waals surface area contributed by atoms with Crippen LogP contribution in [0.15, 0.2) is 83.6 Å². The van der Waals surface area contributed by atoms with Gasteiger partial charge in [-0.05, 0) is 48.5 Å². The first-order valence-electron chi connectivity index (χ1n) is 13.6. The van der Waals surface area contributed by atoms with Crippen LogP contribution in [0, 0.1) is 28.8 Å². The Hall–Kier alpha value is -5.96. The van der Waals surface area contributed by atoms with Gasteiger partial charge >= 0.3 is 5.97 Å². The number of esters is 1. The summed E-state index contributed by atoms with van der Waals surface area (Å²) in [6, 6.07) is 19.4. The first-order valence-corrected chi connectivity index (χ1v) is 13.6. The lowest BCUT2D eigenvalue weighted by atomic mass is 10.0. The molecule has 0 saturated heterocycles. The zero-order valence-corrected chi connectivity index (χ0v) is 23.6. The van der Waals surface area contributed by atoms with Gasteiger partial charge in [0.15, 0.2) is 0 Å². The zero-order chi connectivity index (χ0) is 31.5. The number of aromatic nitrogens is 4. The van der Waals surface area contributed by atoms with Crippen molar-refractivity contribution in [2.24, 2.45) is 0 Å². The number of halogens is 3. The number of carbonyl (C=O) groups is 1. The van der Waals surface area contributed by atoms with Crippen LogP contribution in [0.4, 0.5) is 13.2 Å². The number of fused-ring (bicyclic) bond motifs is 1. The van der Waals surface area contributed by atoms with Crippen molar-refractivity contribution < 1.29 is 32.0 Å². The normalized spacial score (nSPS) is 11.0. The third-order valence-corrected chi connectivity index (χ3v) is 7.11. The average molecular weight is 610 g/mol. The van der Waals surface area contributed by atoms with E-state index in [9.17, 15) is 9.18 Å². The largest absolute Gasteiger partial charge is 0.473 e. The molecule has 6 rings (SSSR count). The van der Waals surface area contributed by atoms with Gasteiger partial charge in [0, 0.05) is 35.2 Å². The first-order chi connectivity index (χ1) is 21.8. The summed E-state index contributed by atoms with van der Waals surface area (Å²) in [4.78, 5) is 21.1. The van der Waals surface area contributed by atoms with Gasteiger partial charge < -0.3 is 18.6 Å². The Balaban J connectivity index is 1.28. The fourth-order valence-electron chi connectivity index (χ4n) is 4.83. The number of ether oxygens (including phenoxy) is 2. The molecule has 3 aromatic carbocycles. The molecule has 0 fully saturated rings. The molecule has 0 saturated carbocycles. The molecule has 0 radical (unpaired) electrons. The molecule has 6 aromatic rings. The molecule has 45 heavy (non-hydrogen) atoms. The molecule has 9 nitrogen and oxygen atoms in total. The monoisotopic (exact) mass is 609 g/mol. The van der Waals surface area contributed by atoms with Gasteiger partial charge in [-0.3, -0.25) is 0 Å². The lowest BCUT2D eigenvalue weighted by molar-refractivity contribution is 0.0601. The average Bonchev–Trinajstić information content (AvgIpc) is 3.69. The van der Waals surface area contributed by atoms with Crippen molar-refractivity contribution in [3.8, 4) is 23.2 Å². The summed E-state index contributed by atoms with van der Waals surface area (Å²) in [6.45, 7) is 0.0173. The number of nitrogens with zero attached hydrogens (tertiary/aromatic N) is 5. The predicted octanol–water partition coefficient (Wildman–Crippen LogP) is 6.38. The van der Waals surface area contributed by atoms with Crippen molar-refractivity contribution in [2.75, 3.05) is 7.11 Å². The molecular formula is C33H22F3N5O4. The Morgan fingerprint density at radius 1 is 0.978 bits per heavy atom. The van der Waals surface area contributed by atoms with Gasteiger partial charge in [-0.1, -0.05) is 17.3 Å². The molecule has 0 amide bonds. The Bertz CT molecular complexity index is 2060. The van der Waals surface area contributed by atoms with E-state index in [0.717, 1.165) is 6.07 Å². The molecule has 3 aromatic heterocycles. The van der Waals surface area contributed by atoms with Crippen molar-refractivity contribution in [2.45, 2.75) is 19.6 Å². The maximum atomic E-state index is 15.5. The number of pyridine rings is 1. The van der Waals surface area contributed by atoms with E-state index in [4.69, 9.17) is 19.3 Å². The van der Waals surface area contributed by atoms with Crippen LogP contribution in [0.1, 0.15) is 38.6 Å². The zero-order valence-electron chi connectivity index (χ0n) is 23.6. The molecule has 12 heteroatoms. The molecule has 0 aliphatic rings. The SMILES string of the molecule is COC(=O)c1ccc2nc(Cc3c(F)cc(-c4cccc(OCc5ccc(C#N)cc5F)n4)cc3F)n(Cc3ccon3)c2c1. The molecule has 0 unspecified atom stereocenters. The number of rotatable bonds is 9. The molecule has 224 valence electrons. The van der Waals surface area contributed by atoms with Crippen LogP contribution in [0.2, 0.25) is 0 Å². The second kappa shape index (κ2) is 12.3. The third kappa shape index (κ3) is 6.09. The minimum Gasteiger partial charge on any atom is -0.473 e. The number of nitriles is 1. The number of benzene rings is 3. The standard InChI is InChI=1S/C33H22F3N5O4/c1-43-33(42)20-7-8-29-30(14-20)41(17-23-9-10-45-40-23)31(38-29)15-24-26(35)12-22(13-27(24)36)28-3-2-4-32(39-28)44-18-21-6-5-19(16-37)11-25(21)34/h2-14H,15,17-18H2,1H3. The summed E-state index contributed by atoms with van der Waals surface area (Å²) in [5.41, 5.74) is 2.50. The highest BCUT2D eigenvalue weighted by Gasteiger charge is 2.20. The summed E-state index contributed by atoms with van der Waals surface area (Å²) >= 11 is 0. The fourth-order valence-corrected chi connectivity index (χ4v) is 4.83. The van der Waals surface area contributed by atoms with Crippen LogP contribution in [0.25, 0.3) is 22.3 Å². The predicted molar refractivity (Wildman–Crippen MR) is 155 cm³/mol. The summed E-state index contributed by atoms with van der Waals surface area (Å²) < 4.78 is 62.5. The van der Waals surface area contributed by atoms with Crippen LogP contribution in [0.5, 0.6) is 5.88 Å². The minimum absolute atomic E-state index is 0.119. The van der Waals surface area contributed by atoms with Gasteiger partial charge in [-0.2, -0.15) is 5.26 Å². The van der Waals surface area contributed by atoms with E-state index < -0.39 is 23.4 Å². The fraction of sp³-hybridized carbons (Fsp3) is 0.121. The van der Waals surface area contributed by atoms with Crippen LogP contribution >= 0.6 is 0 Å². The molecule has 0 aliphatic heterocycles. The molecule has 0 aliphatic carbocycles. The van der Waals surface area contributed by atoms with Gasteiger partial charge in [-0.25, -0.2) is 27.9 Å². The number of hydrogen-bond acceptors (Lipinski definition) is 8. The minimum atomic E-state index is -0.812. The first kappa shape index (κ1) is 29.1. The lowest BCUT2D eigenvalue weighted by Gasteiger charge is -2.12. The number of imidazole rings is 1. The van der Waals surface area contributed by atoms with Crippen LogP contribution < -0.4 is 4.74 Å². The number of hydrogen-bond donors (Lipinski definition) is 0. The van der Waals surface area contributed by atoms with E-state index in [1.807, 2.05) is 6.07 Å². The van der Waals surface area contributed by atoms with Gasteiger partial charge in [-0.15, -0.1) is 0 Å². The molecule has 0 bridgehead atoms. The number of carbonyl (C=O) groups excluding carboxylic acids is 1. The summed E-state index contributed by atoms with van der Waals surface area (Å²) in [5.74, 6) is -2.30. The maximum Gasteiger partial charge on any atom is 0.337 e. The van der Waals surface area contributed by atoms with E-state index in [0.29, 0.717) is 28.1 Å². The summed E-state index contributed by atoms with van der Waals surface area (Å²) in [7, 11) is 1.28. The second-order valence-electron chi connectivity index (χ2n) is 9.96. The highest BCUT2D eigenvalue weighted by Crippen LogP contribution is 2.28. The molecule has 0 N–H and O–H groups in total. The van der Waals surface area contributed by atoms with E-state index in [1.165, 1.54) is 43.7 Å². The van der Waals surface area contributed by atoms with Crippen molar-refractivity contribution in [1.82, 2.24) is 19.7 Å². The molecule has 0 atom stereocenters. The number of methoxy groups -OCH3 is 1. The molecule has 0 spiro atoms. The van der Waals surface area contributed by atoms with E-state index in [2.05, 4.69) is 15.1 Å². The van der Waals surface area contributed by atoms with Gasteiger partial charge in [0.25, 0.3) is 0 Å². The van der Waals surface area contributed by atoms with Crippen molar-refractivity contribution in [3.63, 3.8) is 0 Å². The van der Waals surface area contributed by atoms with Gasteiger partial charge in [0.1, 0.15) is 41.8 Å². The Morgan fingerprint density at radius 2 is 1.80 bits per heavy atom. The smallest absolute Gasteiger partial charge is 0.337 e. The van der Waals surface area contributed by atoms with Crippen LogP contribution in [-0.4, -0.2) is 32.8 Å². The van der Waals surface area contributed by atoms with Crippen LogP contribution in [-0.2, 0) is 24.3 Å².